The van der Waals surface area contributed by atoms with Crippen LogP contribution in [0.3, 0.4) is 0 Å². The second kappa shape index (κ2) is 6.41. The van der Waals surface area contributed by atoms with Crippen LogP contribution < -0.4 is 10.2 Å². The van der Waals surface area contributed by atoms with Crippen molar-refractivity contribution in [3.63, 3.8) is 0 Å². The summed E-state index contributed by atoms with van der Waals surface area (Å²) in [5.41, 5.74) is 1.39. The highest BCUT2D eigenvalue weighted by molar-refractivity contribution is 5.77. The van der Waals surface area contributed by atoms with Crippen LogP contribution in [0.4, 0.5) is 17.1 Å². The Kier molecular flexibility index (Phi) is 5.15. The zero-order valence-corrected chi connectivity index (χ0v) is 12.3. The number of hydrogen-bond acceptors (Lipinski definition) is 4. The first kappa shape index (κ1) is 15.3. The normalized spacial score (nSPS) is 10.9. The van der Waals surface area contributed by atoms with Crippen LogP contribution in [-0.2, 0) is 0 Å². The number of rotatable bonds is 6. The molecule has 0 atom stereocenters. The van der Waals surface area contributed by atoms with Gasteiger partial charge in [0.05, 0.1) is 4.92 Å². The van der Waals surface area contributed by atoms with Crippen molar-refractivity contribution in [1.82, 2.24) is 0 Å². The number of benzene rings is 1. The lowest BCUT2D eigenvalue weighted by Crippen LogP contribution is -2.34. The predicted octanol–water partition coefficient (Wildman–Crippen LogP) is 3.51. The second-order valence-corrected chi connectivity index (χ2v) is 5.32. The molecule has 1 N–H and O–H groups in total. The van der Waals surface area contributed by atoms with E-state index in [0.717, 1.165) is 6.54 Å². The van der Waals surface area contributed by atoms with Crippen molar-refractivity contribution in [1.29, 1.82) is 0 Å². The Morgan fingerprint density at radius 1 is 1.32 bits per heavy atom. The number of nitro benzene ring substituents is 1. The summed E-state index contributed by atoms with van der Waals surface area (Å²) in [5.74, 6) is 0.445. The molecule has 0 fully saturated rings. The number of para-hydroxylation sites is 1. The minimum absolute atomic E-state index is 0.152. The molecule has 1 aromatic carbocycles. The van der Waals surface area contributed by atoms with E-state index in [1.54, 1.807) is 13.1 Å². The third-order valence-corrected chi connectivity index (χ3v) is 2.96. The van der Waals surface area contributed by atoms with Gasteiger partial charge in [0.2, 0.25) is 0 Å². The molecule has 0 heterocycles. The molecule has 0 radical (unpaired) electrons. The van der Waals surface area contributed by atoms with E-state index in [1.807, 2.05) is 12.1 Å². The van der Waals surface area contributed by atoms with Crippen molar-refractivity contribution in [3.8, 4) is 0 Å². The van der Waals surface area contributed by atoms with Crippen LogP contribution in [0.15, 0.2) is 18.2 Å². The van der Waals surface area contributed by atoms with Crippen LogP contribution in [0.2, 0.25) is 0 Å². The molecular formula is C14H23N3O2. The molecule has 0 spiro atoms. The monoisotopic (exact) mass is 265 g/mol. The van der Waals surface area contributed by atoms with E-state index in [4.69, 9.17) is 0 Å². The van der Waals surface area contributed by atoms with E-state index in [-0.39, 0.29) is 16.7 Å². The van der Waals surface area contributed by atoms with Crippen LogP contribution in [-0.4, -0.2) is 24.6 Å². The number of anilines is 2. The Morgan fingerprint density at radius 2 is 1.95 bits per heavy atom. The van der Waals surface area contributed by atoms with Crippen LogP contribution >= 0.6 is 0 Å². The third kappa shape index (κ3) is 3.59. The van der Waals surface area contributed by atoms with Gasteiger partial charge in [0.15, 0.2) is 0 Å². The van der Waals surface area contributed by atoms with E-state index in [2.05, 4.69) is 37.9 Å². The minimum atomic E-state index is -0.309. The average molecular weight is 265 g/mol. The number of hydrogen-bond donors (Lipinski definition) is 1. The first-order chi connectivity index (χ1) is 8.88. The summed E-state index contributed by atoms with van der Waals surface area (Å²) >= 11 is 0. The molecule has 0 aliphatic carbocycles. The largest absolute Gasteiger partial charge is 0.382 e. The molecule has 0 unspecified atom stereocenters. The van der Waals surface area contributed by atoms with Gasteiger partial charge in [0.1, 0.15) is 11.4 Å². The topological polar surface area (TPSA) is 58.4 Å². The summed E-state index contributed by atoms with van der Waals surface area (Å²) in [6.07, 6.45) is 0. The number of nitro groups is 1. The van der Waals surface area contributed by atoms with E-state index in [1.165, 1.54) is 0 Å². The number of nitrogens with zero attached hydrogens (tertiary/aromatic N) is 2. The molecule has 19 heavy (non-hydrogen) atoms. The Labute approximate surface area is 114 Å². The fourth-order valence-corrected chi connectivity index (χ4v) is 2.14. The van der Waals surface area contributed by atoms with Crippen molar-refractivity contribution in [2.75, 3.05) is 23.8 Å². The van der Waals surface area contributed by atoms with Crippen LogP contribution in [0.1, 0.15) is 27.7 Å². The SMILES string of the molecule is CNc1cccc(N(CC(C)C)C(C)C)c1[N+](=O)[O-]. The third-order valence-electron chi connectivity index (χ3n) is 2.96. The maximum absolute atomic E-state index is 11.4. The minimum Gasteiger partial charge on any atom is -0.382 e. The van der Waals surface area contributed by atoms with Gasteiger partial charge in [0.25, 0.3) is 0 Å². The van der Waals surface area contributed by atoms with Gasteiger partial charge in [-0.05, 0) is 31.9 Å². The van der Waals surface area contributed by atoms with Gasteiger partial charge >= 0.3 is 5.69 Å². The fourth-order valence-electron chi connectivity index (χ4n) is 2.14. The summed E-state index contributed by atoms with van der Waals surface area (Å²) < 4.78 is 0. The van der Waals surface area contributed by atoms with Crippen LogP contribution in [0.5, 0.6) is 0 Å². The zero-order chi connectivity index (χ0) is 14.6. The highest BCUT2D eigenvalue weighted by atomic mass is 16.6. The lowest BCUT2D eigenvalue weighted by atomic mass is 10.1. The summed E-state index contributed by atoms with van der Waals surface area (Å²) in [4.78, 5) is 13.1. The lowest BCUT2D eigenvalue weighted by molar-refractivity contribution is -0.383. The van der Waals surface area contributed by atoms with Gasteiger partial charge in [-0.25, -0.2) is 0 Å². The van der Waals surface area contributed by atoms with Gasteiger partial charge in [-0.15, -0.1) is 0 Å². The Bertz CT molecular complexity index is 444. The quantitative estimate of drug-likeness (QED) is 0.631. The van der Waals surface area contributed by atoms with Crippen molar-refractivity contribution in [2.45, 2.75) is 33.7 Å². The standard InChI is InChI=1S/C14H23N3O2/c1-10(2)9-16(11(3)4)13-8-6-7-12(15-5)14(13)17(18)19/h6-8,10-11,15H,9H2,1-5H3. The van der Waals surface area contributed by atoms with Gasteiger partial charge < -0.3 is 10.2 Å². The first-order valence-electron chi connectivity index (χ1n) is 6.60. The molecule has 0 aliphatic heterocycles. The van der Waals surface area contributed by atoms with E-state index in [0.29, 0.717) is 17.3 Å². The van der Waals surface area contributed by atoms with E-state index >= 15 is 0 Å². The lowest BCUT2D eigenvalue weighted by Gasteiger charge is -2.30. The van der Waals surface area contributed by atoms with Crippen molar-refractivity contribution >= 4 is 17.1 Å². The first-order valence-corrected chi connectivity index (χ1v) is 6.60. The van der Waals surface area contributed by atoms with Crippen LogP contribution in [0, 0.1) is 16.0 Å². The van der Waals surface area contributed by atoms with Crippen LogP contribution in [0.25, 0.3) is 0 Å². The Morgan fingerprint density at radius 3 is 2.37 bits per heavy atom. The molecule has 0 saturated heterocycles. The highest BCUT2D eigenvalue weighted by Gasteiger charge is 2.25. The smallest absolute Gasteiger partial charge is 0.315 e. The summed E-state index contributed by atoms with van der Waals surface area (Å²) in [7, 11) is 1.70. The summed E-state index contributed by atoms with van der Waals surface area (Å²) in [5, 5.41) is 14.2. The molecule has 1 aromatic rings. The average Bonchev–Trinajstić information content (AvgIpc) is 2.34. The molecule has 5 heteroatoms. The van der Waals surface area contributed by atoms with Crippen molar-refractivity contribution in [2.24, 2.45) is 5.92 Å². The summed E-state index contributed by atoms with van der Waals surface area (Å²) in [6.45, 7) is 9.13. The van der Waals surface area contributed by atoms with Crippen molar-refractivity contribution in [3.05, 3.63) is 28.3 Å². The molecule has 0 aromatic heterocycles. The maximum Gasteiger partial charge on any atom is 0.315 e. The Hall–Kier alpha value is -1.78. The van der Waals surface area contributed by atoms with Gasteiger partial charge in [0, 0.05) is 19.6 Å². The molecule has 5 nitrogen and oxygen atoms in total. The second-order valence-electron chi connectivity index (χ2n) is 5.32. The van der Waals surface area contributed by atoms with Gasteiger partial charge in [-0.1, -0.05) is 19.9 Å². The molecule has 1 rings (SSSR count). The maximum atomic E-state index is 11.4. The van der Waals surface area contributed by atoms with E-state index < -0.39 is 0 Å². The van der Waals surface area contributed by atoms with Crippen molar-refractivity contribution < 1.29 is 4.92 Å². The Balaban J connectivity index is 3.33. The zero-order valence-electron chi connectivity index (χ0n) is 12.3. The molecule has 106 valence electrons. The molecule has 0 amide bonds. The van der Waals surface area contributed by atoms with E-state index in [9.17, 15) is 10.1 Å². The predicted molar refractivity (Wildman–Crippen MR) is 80.0 cm³/mol. The fraction of sp³-hybridized carbons (Fsp3) is 0.571. The van der Waals surface area contributed by atoms with Gasteiger partial charge in [-0.3, -0.25) is 10.1 Å². The molecular weight excluding hydrogens is 242 g/mol. The number of nitrogens with one attached hydrogen (secondary N) is 1. The molecule has 0 saturated carbocycles. The van der Waals surface area contributed by atoms with Gasteiger partial charge in [-0.2, -0.15) is 0 Å². The summed E-state index contributed by atoms with van der Waals surface area (Å²) in [6, 6.07) is 5.62. The molecule has 0 bridgehead atoms. The highest BCUT2D eigenvalue weighted by Crippen LogP contribution is 2.36. The molecule has 0 aliphatic rings.